The van der Waals surface area contributed by atoms with E-state index in [2.05, 4.69) is 19.9 Å². The van der Waals surface area contributed by atoms with E-state index in [1.54, 1.807) is 0 Å². The van der Waals surface area contributed by atoms with Crippen LogP contribution in [0.5, 0.6) is 0 Å². The monoisotopic (exact) mass is 424 g/mol. The summed E-state index contributed by atoms with van der Waals surface area (Å²) in [5.74, 6) is -1.75. The second kappa shape index (κ2) is 6.40. The summed E-state index contributed by atoms with van der Waals surface area (Å²) in [5.41, 5.74) is -0.848. The van der Waals surface area contributed by atoms with Gasteiger partial charge in [0.05, 0.1) is 23.7 Å². The van der Waals surface area contributed by atoms with Gasteiger partial charge in [-0.3, -0.25) is 9.59 Å². The van der Waals surface area contributed by atoms with Crippen LogP contribution in [0.4, 0.5) is 0 Å². The molecule has 3 fully saturated rings. The number of hydrogen-bond acceptors (Lipinski definition) is 7. The third-order valence-electron chi connectivity index (χ3n) is 7.43. The molecule has 6 atom stereocenters. The smallest absolute Gasteiger partial charge is 0.339 e. The Morgan fingerprint density at radius 1 is 1.28 bits per heavy atom. The highest BCUT2D eigenvalue weighted by Crippen LogP contribution is 2.70. The highest BCUT2D eigenvalue weighted by molar-refractivity contribution is 6.31. The van der Waals surface area contributed by atoms with Gasteiger partial charge in [-0.1, -0.05) is 25.5 Å². The van der Waals surface area contributed by atoms with Crippen LogP contribution in [-0.4, -0.2) is 48.2 Å². The maximum absolute atomic E-state index is 13.3. The van der Waals surface area contributed by atoms with Crippen molar-refractivity contribution in [1.29, 1.82) is 0 Å². The van der Waals surface area contributed by atoms with Crippen LogP contribution < -0.4 is 0 Å². The lowest BCUT2D eigenvalue weighted by Gasteiger charge is -2.56. The molecule has 1 spiro atoms. The van der Waals surface area contributed by atoms with Crippen molar-refractivity contribution >= 4 is 29.3 Å². The van der Waals surface area contributed by atoms with Gasteiger partial charge in [0.15, 0.2) is 12.2 Å². The minimum atomic E-state index is -1.04. The average Bonchev–Trinajstić information content (AvgIpc) is 3.42. The summed E-state index contributed by atoms with van der Waals surface area (Å²) >= 11 is 5.91. The van der Waals surface area contributed by atoms with Gasteiger partial charge >= 0.3 is 11.9 Å². The quantitative estimate of drug-likeness (QED) is 0.226. The Morgan fingerprint density at radius 3 is 2.52 bits per heavy atom. The fraction of sp³-hybridized carbons (Fsp3) is 0.667. The summed E-state index contributed by atoms with van der Waals surface area (Å²) in [4.78, 5) is 37.1. The van der Waals surface area contributed by atoms with Crippen LogP contribution >= 0.6 is 11.6 Å². The zero-order chi connectivity index (χ0) is 21.4. The SMILES string of the molecule is CC(=O)OC(Cl)=C(C)C(=O)O[C@@H]1C(=O)[C@H]2O[C@@H]3C=C(C)CC[C@]3(C)[C@]1(C)[C@]21CO1. The summed E-state index contributed by atoms with van der Waals surface area (Å²) in [6, 6.07) is 0. The van der Waals surface area contributed by atoms with Crippen LogP contribution in [0.1, 0.15) is 47.5 Å². The van der Waals surface area contributed by atoms with Crippen LogP contribution in [0.2, 0.25) is 0 Å². The number of hydrogen-bond donors (Lipinski definition) is 0. The van der Waals surface area contributed by atoms with Gasteiger partial charge < -0.3 is 18.9 Å². The van der Waals surface area contributed by atoms with Crippen molar-refractivity contribution in [3.63, 3.8) is 0 Å². The second-order valence-corrected chi connectivity index (χ2v) is 9.27. The Hall–Kier alpha value is -1.70. The van der Waals surface area contributed by atoms with Gasteiger partial charge in [-0.25, -0.2) is 4.79 Å². The first-order valence-corrected chi connectivity index (χ1v) is 10.1. The van der Waals surface area contributed by atoms with Crippen molar-refractivity contribution in [2.45, 2.75) is 71.4 Å². The van der Waals surface area contributed by atoms with E-state index in [0.29, 0.717) is 6.61 Å². The van der Waals surface area contributed by atoms with E-state index in [0.717, 1.165) is 12.8 Å². The minimum Gasteiger partial charge on any atom is -0.450 e. The molecule has 2 saturated heterocycles. The van der Waals surface area contributed by atoms with E-state index in [1.165, 1.54) is 19.4 Å². The Balaban J connectivity index is 1.71. The van der Waals surface area contributed by atoms with Gasteiger partial charge in [0.1, 0.15) is 5.60 Å². The summed E-state index contributed by atoms with van der Waals surface area (Å²) < 4.78 is 22.6. The molecule has 2 aliphatic heterocycles. The number of ketones is 1. The van der Waals surface area contributed by atoms with Crippen molar-refractivity contribution < 1.29 is 33.3 Å². The second-order valence-electron chi connectivity index (χ2n) is 8.93. The molecule has 0 aromatic carbocycles. The number of ether oxygens (including phenoxy) is 4. The molecule has 7 nitrogen and oxygen atoms in total. The standard InChI is InChI=1S/C21H25ClO7/c1-10-6-7-19(4)13(8-10)28-16-14(24)15(20(19,5)21(16)9-26-21)29-18(25)11(2)17(22)27-12(3)23/h8,13,15-16H,6-7,9H2,1-5H3/t13-,15-,16-,19+,20-,21+/m1/s1. The number of halogens is 1. The van der Waals surface area contributed by atoms with E-state index < -0.39 is 40.6 Å². The lowest BCUT2D eigenvalue weighted by molar-refractivity contribution is -0.209. The minimum absolute atomic E-state index is 0.0764. The van der Waals surface area contributed by atoms with Gasteiger partial charge in [-0.15, -0.1) is 0 Å². The highest BCUT2D eigenvalue weighted by Gasteiger charge is 2.85. The van der Waals surface area contributed by atoms with Crippen LogP contribution in [0.3, 0.4) is 0 Å². The van der Waals surface area contributed by atoms with Crippen LogP contribution in [0.25, 0.3) is 0 Å². The molecule has 4 rings (SSSR count). The van der Waals surface area contributed by atoms with E-state index in [1.807, 2.05) is 6.92 Å². The van der Waals surface area contributed by atoms with Gasteiger partial charge in [0.25, 0.3) is 0 Å². The number of esters is 2. The van der Waals surface area contributed by atoms with Crippen LogP contribution in [0.15, 0.2) is 22.4 Å². The zero-order valence-corrected chi connectivity index (χ0v) is 17.9. The number of rotatable bonds is 3. The number of carbonyl (C=O) groups excluding carboxylic acids is 3. The summed E-state index contributed by atoms with van der Waals surface area (Å²) in [5, 5.41) is -0.366. The number of carbonyl (C=O) groups is 3. The van der Waals surface area contributed by atoms with E-state index in [9.17, 15) is 14.4 Å². The molecule has 0 radical (unpaired) electrons. The van der Waals surface area contributed by atoms with Gasteiger partial charge in [0, 0.05) is 12.3 Å². The lowest BCUT2D eigenvalue weighted by Crippen LogP contribution is -2.63. The normalized spacial score (nSPS) is 43.3. The van der Waals surface area contributed by atoms with E-state index >= 15 is 0 Å². The number of allylic oxidation sites excluding steroid dienone is 1. The highest BCUT2D eigenvalue weighted by atomic mass is 35.5. The van der Waals surface area contributed by atoms with Crippen molar-refractivity contribution in [3.8, 4) is 0 Å². The summed E-state index contributed by atoms with van der Waals surface area (Å²) in [6.45, 7) is 9.05. The average molecular weight is 425 g/mol. The topological polar surface area (TPSA) is 91.4 Å². The Kier molecular flexibility index (Phi) is 4.54. The number of Topliss-reactive ketones (excluding diaryl/α,β-unsaturated/α-hetero) is 1. The molecule has 4 aliphatic rings. The Labute approximate surface area is 174 Å². The molecule has 8 heteroatoms. The maximum atomic E-state index is 13.3. The third kappa shape index (κ3) is 2.60. The van der Waals surface area contributed by atoms with Crippen molar-refractivity contribution in [2.24, 2.45) is 10.8 Å². The van der Waals surface area contributed by atoms with E-state index in [-0.39, 0.29) is 22.7 Å². The summed E-state index contributed by atoms with van der Waals surface area (Å²) in [6.07, 6.45) is 1.66. The fourth-order valence-corrected chi connectivity index (χ4v) is 5.49. The predicted molar refractivity (Wildman–Crippen MR) is 102 cm³/mol. The fourth-order valence-electron chi connectivity index (χ4n) is 5.31. The molecule has 158 valence electrons. The molecule has 29 heavy (non-hydrogen) atoms. The molecule has 2 bridgehead atoms. The molecule has 2 heterocycles. The van der Waals surface area contributed by atoms with Crippen LogP contribution in [-0.2, 0) is 33.3 Å². The number of epoxide rings is 1. The molecule has 2 aliphatic carbocycles. The Bertz CT molecular complexity index is 870. The first kappa shape index (κ1) is 20.6. The van der Waals surface area contributed by atoms with Crippen molar-refractivity contribution in [3.05, 3.63) is 22.4 Å². The molecule has 0 amide bonds. The van der Waals surface area contributed by atoms with Gasteiger partial charge in [-0.05, 0) is 38.3 Å². The van der Waals surface area contributed by atoms with Crippen molar-refractivity contribution in [2.75, 3.05) is 6.61 Å². The first-order chi connectivity index (χ1) is 13.5. The summed E-state index contributed by atoms with van der Waals surface area (Å²) in [7, 11) is 0. The largest absolute Gasteiger partial charge is 0.450 e. The molecule has 0 aromatic heterocycles. The van der Waals surface area contributed by atoms with Crippen LogP contribution in [0, 0.1) is 10.8 Å². The zero-order valence-electron chi connectivity index (χ0n) is 17.2. The molecular formula is C21H25ClO7. The molecule has 0 unspecified atom stereocenters. The third-order valence-corrected chi connectivity index (χ3v) is 7.79. The first-order valence-electron chi connectivity index (χ1n) is 9.74. The molecule has 0 aromatic rings. The van der Waals surface area contributed by atoms with E-state index in [4.69, 9.17) is 30.5 Å². The molecule has 0 N–H and O–H groups in total. The number of fused-ring (bicyclic) bond motifs is 2. The molecule has 1 saturated carbocycles. The molecular weight excluding hydrogens is 400 g/mol. The predicted octanol–water partition coefficient (Wildman–Crippen LogP) is 2.80. The van der Waals surface area contributed by atoms with Crippen molar-refractivity contribution in [1.82, 2.24) is 0 Å². The Morgan fingerprint density at radius 2 is 1.93 bits per heavy atom. The maximum Gasteiger partial charge on any atom is 0.339 e. The lowest BCUT2D eigenvalue weighted by atomic mass is 9.52. The van der Waals surface area contributed by atoms with Gasteiger partial charge in [0.2, 0.25) is 11.0 Å². The van der Waals surface area contributed by atoms with Gasteiger partial charge in [-0.2, -0.15) is 0 Å².